The maximum atomic E-state index is 13.4. The first-order chi connectivity index (χ1) is 11.6. The third-order valence-corrected chi connectivity index (χ3v) is 7.98. The number of ketones is 1. The summed E-state index contributed by atoms with van der Waals surface area (Å²) in [5, 5.41) is -1.16. The van der Waals surface area contributed by atoms with E-state index < -0.39 is 61.6 Å². The van der Waals surface area contributed by atoms with Crippen molar-refractivity contribution in [3.8, 4) is 0 Å². The maximum Gasteiger partial charge on any atom is 0.416 e. The number of carbonyl (C=O) groups excluding carboxylic acids is 1. The van der Waals surface area contributed by atoms with E-state index in [4.69, 9.17) is 0 Å². The zero-order chi connectivity index (χ0) is 18.4. The molecule has 8 heteroatoms. The van der Waals surface area contributed by atoms with Gasteiger partial charge in [-0.2, -0.15) is 13.2 Å². The Morgan fingerprint density at radius 3 is 2.28 bits per heavy atom. The van der Waals surface area contributed by atoms with Crippen molar-refractivity contribution in [2.75, 3.05) is 0 Å². The van der Waals surface area contributed by atoms with Crippen LogP contribution in [0.3, 0.4) is 0 Å². The highest BCUT2D eigenvalue weighted by molar-refractivity contribution is 7.92. The Hall–Kier alpha value is -1.44. The molecule has 2 aliphatic rings. The van der Waals surface area contributed by atoms with E-state index >= 15 is 0 Å². The molecular formula is C17H18F4O3S. The molecular weight excluding hydrogens is 360 g/mol. The molecule has 0 radical (unpaired) electrons. The Morgan fingerprint density at radius 2 is 1.72 bits per heavy atom. The van der Waals surface area contributed by atoms with Crippen molar-refractivity contribution in [2.24, 2.45) is 5.92 Å². The van der Waals surface area contributed by atoms with Gasteiger partial charge in [-0.3, -0.25) is 4.79 Å². The maximum absolute atomic E-state index is 13.4. The third-order valence-electron chi connectivity index (χ3n) is 5.27. The van der Waals surface area contributed by atoms with E-state index in [2.05, 4.69) is 0 Å². The minimum atomic E-state index is -4.67. The van der Waals surface area contributed by atoms with Crippen LogP contribution in [0.2, 0.25) is 0 Å². The fourth-order valence-corrected chi connectivity index (χ4v) is 6.52. The van der Waals surface area contributed by atoms with Crippen LogP contribution in [-0.2, 0) is 27.2 Å². The van der Waals surface area contributed by atoms with Crippen LogP contribution in [0.15, 0.2) is 18.2 Å². The van der Waals surface area contributed by atoms with Crippen LogP contribution in [0.4, 0.5) is 17.6 Å². The molecule has 2 heterocycles. The Kier molecular flexibility index (Phi) is 4.68. The highest BCUT2D eigenvalue weighted by Gasteiger charge is 2.46. The SMILES string of the molecule is O=C(Cc1cc(F)ccc1C(F)(F)F)C1CC2CCCC(C1)S2(=O)=O. The van der Waals surface area contributed by atoms with Gasteiger partial charge in [-0.15, -0.1) is 0 Å². The van der Waals surface area contributed by atoms with E-state index in [9.17, 15) is 30.8 Å². The minimum absolute atomic E-state index is 0.161. The van der Waals surface area contributed by atoms with Gasteiger partial charge in [-0.05, 0) is 49.4 Å². The van der Waals surface area contributed by atoms with E-state index in [0.717, 1.165) is 12.5 Å². The van der Waals surface area contributed by atoms with Gasteiger partial charge in [0.1, 0.15) is 11.6 Å². The molecule has 3 nitrogen and oxygen atoms in total. The van der Waals surface area contributed by atoms with Crippen LogP contribution < -0.4 is 0 Å². The molecule has 25 heavy (non-hydrogen) atoms. The molecule has 0 saturated carbocycles. The number of hydrogen-bond acceptors (Lipinski definition) is 3. The second-order valence-corrected chi connectivity index (χ2v) is 9.39. The number of Topliss-reactive ketones (excluding diaryl/α,β-unsaturated/α-hetero) is 1. The van der Waals surface area contributed by atoms with Crippen molar-refractivity contribution >= 4 is 15.6 Å². The standard InChI is InChI=1S/C17H18F4O3S/c18-12-4-5-15(17(19,20)21)10(6-12)9-16(22)11-7-13-2-1-3-14(8-11)25(13,23)24/h4-6,11,13-14H,1-3,7-9H2. The number of carbonyl (C=O) groups is 1. The smallest absolute Gasteiger partial charge is 0.299 e. The summed E-state index contributed by atoms with van der Waals surface area (Å²) in [6.07, 6.45) is -3.10. The van der Waals surface area contributed by atoms with Gasteiger partial charge < -0.3 is 0 Å². The summed E-state index contributed by atoms with van der Waals surface area (Å²) in [5.74, 6) is -1.86. The molecule has 0 amide bonds. The molecule has 0 aromatic heterocycles. The van der Waals surface area contributed by atoms with Crippen LogP contribution in [0.25, 0.3) is 0 Å². The lowest BCUT2D eigenvalue weighted by atomic mass is 9.84. The van der Waals surface area contributed by atoms with Crippen LogP contribution in [0.5, 0.6) is 0 Å². The van der Waals surface area contributed by atoms with E-state index in [1.807, 2.05) is 0 Å². The monoisotopic (exact) mass is 378 g/mol. The molecule has 1 aromatic rings. The van der Waals surface area contributed by atoms with Crippen LogP contribution in [0, 0.1) is 11.7 Å². The molecule has 3 rings (SSSR count). The topological polar surface area (TPSA) is 51.2 Å². The molecule has 138 valence electrons. The van der Waals surface area contributed by atoms with Gasteiger partial charge >= 0.3 is 6.18 Å². The third kappa shape index (κ3) is 3.59. The van der Waals surface area contributed by atoms with Gasteiger partial charge in [0, 0.05) is 12.3 Å². The molecule has 0 spiro atoms. The van der Waals surface area contributed by atoms with Crippen molar-refractivity contribution in [3.05, 3.63) is 35.1 Å². The van der Waals surface area contributed by atoms with Crippen LogP contribution >= 0.6 is 0 Å². The Bertz CT molecular complexity index is 766. The first-order valence-corrected chi connectivity index (χ1v) is 9.81. The number of sulfone groups is 1. The van der Waals surface area contributed by atoms with E-state index in [-0.39, 0.29) is 12.8 Å². The molecule has 1 aromatic carbocycles. The number of hydrogen-bond donors (Lipinski definition) is 0. The van der Waals surface area contributed by atoms with Gasteiger partial charge in [0.2, 0.25) is 0 Å². The summed E-state index contributed by atoms with van der Waals surface area (Å²) in [6, 6.07) is 2.09. The van der Waals surface area contributed by atoms with Crippen molar-refractivity contribution < 1.29 is 30.8 Å². The second kappa shape index (κ2) is 6.37. The van der Waals surface area contributed by atoms with Crippen molar-refractivity contribution in [1.29, 1.82) is 0 Å². The molecule has 0 N–H and O–H groups in total. The lowest BCUT2D eigenvalue weighted by Crippen LogP contribution is -2.45. The summed E-state index contributed by atoms with van der Waals surface area (Å²) in [6.45, 7) is 0. The highest BCUT2D eigenvalue weighted by atomic mass is 32.2. The Labute approximate surface area is 143 Å². The van der Waals surface area contributed by atoms with Gasteiger partial charge in [0.05, 0.1) is 16.1 Å². The zero-order valence-corrected chi connectivity index (χ0v) is 14.2. The van der Waals surface area contributed by atoms with Crippen molar-refractivity contribution in [3.63, 3.8) is 0 Å². The van der Waals surface area contributed by atoms with Gasteiger partial charge in [0.15, 0.2) is 9.84 Å². The highest BCUT2D eigenvalue weighted by Crippen LogP contribution is 2.40. The lowest BCUT2D eigenvalue weighted by Gasteiger charge is -2.38. The summed E-state index contributed by atoms with van der Waals surface area (Å²) in [7, 11) is -3.24. The van der Waals surface area contributed by atoms with Gasteiger partial charge in [0.25, 0.3) is 0 Å². The van der Waals surface area contributed by atoms with Crippen LogP contribution in [0.1, 0.15) is 43.2 Å². The molecule has 2 unspecified atom stereocenters. The number of alkyl halides is 3. The predicted molar refractivity (Wildman–Crippen MR) is 83.2 cm³/mol. The fourth-order valence-electron chi connectivity index (χ4n) is 3.99. The summed E-state index contributed by atoms with van der Waals surface area (Å²) >= 11 is 0. The number of benzene rings is 1. The normalized spacial score (nSPS) is 28.6. The van der Waals surface area contributed by atoms with E-state index in [0.29, 0.717) is 25.0 Å². The molecule has 2 saturated heterocycles. The van der Waals surface area contributed by atoms with Gasteiger partial charge in [-0.1, -0.05) is 6.42 Å². The molecule has 0 aliphatic carbocycles. The average Bonchev–Trinajstić information content (AvgIpc) is 2.44. The Balaban J connectivity index is 1.81. The largest absolute Gasteiger partial charge is 0.416 e. The van der Waals surface area contributed by atoms with Crippen molar-refractivity contribution in [1.82, 2.24) is 0 Å². The van der Waals surface area contributed by atoms with E-state index in [1.165, 1.54) is 0 Å². The molecule has 2 aliphatic heterocycles. The first-order valence-electron chi connectivity index (χ1n) is 8.20. The fraction of sp³-hybridized carbons (Fsp3) is 0.588. The predicted octanol–water partition coefficient (Wildman–Crippen LogP) is 3.70. The Morgan fingerprint density at radius 1 is 1.12 bits per heavy atom. The van der Waals surface area contributed by atoms with Crippen LogP contribution in [-0.4, -0.2) is 24.7 Å². The lowest BCUT2D eigenvalue weighted by molar-refractivity contribution is -0.138. The van der Waals surface area contributed by atoms with E-state index in [1.54, 1.807) is 0 Å². The summed E-state index contributed by atoms with van der Waals surface area (Å²) in [4.78, 5) is 12.5. The summed E-state index contributed by atoms with van der Waals surface area (Å²) in [5.41, 5.74) is -1.41. The minimum Gasteiger partial charge on any atom is -0.299 e. The summed E-state index contributed by atoms with van der Waals surface area (Å²) < 4.78 is 77.0. The van der Waals surface area contributed by atoms with Gasteiger partial charge in [-0.25, -0.2) is 12.8 Å². The number of halogens is 4. The number of rotatable bonds is 3. The first kappa shape index (κ1) is 18.4. The second-order valence-electron chi connectivity index (χ2n) is 6.87. The molecule has 2 fully saturated rings. The average molecular weight is 378 g/mol. The quantitative estimate of drug-likeness (QED) is 0.754. The zero-order valence-electron chi connectivity index (χ0n) is 13.4. The molecule has 2 bridgehead atoms. The van der Waals surface area contributed by atoms with Crippen molar-refractivity contribution in [2.45, 2.75) is 55.2 Å². The number of fused-ring (bicyclic) bond motifs is 2. The molecule has 2 atom stereocenters.